The van der Waals surface area contributed by atoms with Crippen molar-refractivity contribution in [2.45, 2.75) is 70.5 Å². The fourth-order valence-electron chi connectivity index (χ4n) is 3.01. The zero-order valence-corrected chi connectivity index (χ0v) is 11.9. The van der Waals surface area contributed by atoms with E-state index in [9.17, 15) is 5.26 Å². The predicted molar refractivity (Wildman–Crippen MR) is 74.2 cm³/mol. The van der Waals surface area contributed by atoms with Gasteiger partial charge < -0.3 is 0 Å². The second kappa shape index (κ2) is 6.54. The van der Waals surface area contributed by atoms with Crippen LogP contribution in [0.1, 0.15) is 52.4 Å². The Morgan fingerprint density at radius 2 is 1.83 bits per heavy atom. The van der Waals surface area contributed by atoms with E-state index in [1.807, 2.05) is 0 Å². The van der Waals surface area contributed by atoms with Crippen molar-refractivity contribution < 1.29 is 0 Å². The minimum Gasteiger partial charge on any atom is -0.298 e. The SMILES string of the molecule is CC(C)CN(CC(C#N)NC1CC1)C1CCCC1. The third-order valence-electron chi connectivity index (χ3n) is 4.03. The lowest BCUT2D eigenvalue weighted by Crippen LogP contribution is -2.46. The quantitative estimate of drug-likeness (QED) is 0.753. The summed E-state index contributed by atoms with van der Waals surface area (Å²) in [5.41, 5.74) is 0. The first-order valence-corrected chi connectivity index (χ1v) is 7.58. The molecule has 2 fully saturated rings. The third-order valence-corrected chi connectivity index (χ3v) is 4.03. The van der Waals surface area contributed by atoms with Gasteiger partial charge in [-0.05, 0) is 31.6 Å². The molecule has 3 heteroatoms. The van der Waals surface area contributed by atoms with Crippen molar-refractivity contribution in [2.75, 3.05) is 13.1 Å². The van der Waals surface area contributed by atoms with Crippen LogP contribution in [-0.4, -0.2) is 36.1 Å². The molecule has 1 unspecified atom stereocenters. The summed E-state index contributed by atoms with van der Waals surface area (Å²) in [7, 11) is 0. The van der Waals surface area contributed by atoms with E-state index in [0.29, 0.717) is 12.0 Å². The zero-order valence-electron chi connectivity index (χ0n) is 11.9. The maximum absolute atomic E-state index is 9.29. The molecule has 2 saturated carbocycles. The smallest absolute Gasteiger partial charge is 0.108 e. The lowest BCUT2D eigenvalue weighted by molar-refractivity contribution is 0.167. The molecule has 102 valence electrons. The molecule has 0 aromatic rings. The van der Waals surface area contributed by atoms with Crippen LogP contribution in [0.25, 0.3) is 0 Å². The van der Waals surface area contributed by atoms with Gasteiger partial charge in [-0.3, -0.25) is 10.2 Å². The first kappa shape index (κ1) is 13.8. The average Bonchev–Trinajstić information content (AvgIpc) is 2.97. The van der Waals surface area contributed by atoms with Crippen LogP contribution in [0.3, 0.4) is 0 Å². The molecular weight excluding hydrogens is 222 g/mol. The molecule has 0 bridgehead atoms. The topological polar surface area (TPSA) is 39.1 Å². The van der Waals surface area contributed by atoms with E-state index in [0.717, 1.165) is 19.1 Å². The Labute approximate surface area is 112 Å². The minimum atomic E-state index is 0.0249. The standard InChI is InChI=1S/C15H27N3/c1-12(2)10-18(15-5-3-4-6-15)11-14(9-16)17-13-7-8-13/h12-15,17H,3-8,10-11H2,1-2H3. The molecule has 0 amide bonds. The van der Waals surface area contributed by atoms with E-state index in [1.165, 1.54) is 38.5 Å². The summed E-state index contributed by atoms with van der Waals surface area (Å²) in [5.74, 6) is 0.686. The van der Waals surface area contributed by atoms with E-state index in [-0.39, 0.29) is 6.04 Å². The summed E-state index contributed by atoms with van der Waals surface area (Å²) in [6.45, 7) is 6.60. The van der Waals surface area contributed by atoms with E-state index < -0.39 is 0 Å². The van der Waals surface area contributed by atoms with Crippen LogP contribution < -0.4 is 5.32 Å². The van der Waals surface area contributed by atoms with Crippen molar-refractivity contribution in [3.05, 3.63) is 0 Å². The first-order chi connectivity index (χ1) is 8.69. The van der Waals surface area contributed by atoms with Crippen LogP contribution >= 0.6 is 0 Å². The number of rotatable bonds is 7. The van der Waals surface area contributed by atoms with Crippen molar-refractivity contribution in [1.82, 2.24) is 10.2 Å². The zero-order chi connectivity index (χ0) is 13.0. The summed E-state index contributed by atoms with van der Waals surface area (Å²) < 4.78 is 0. The summed E-state index contributed by atoms with van der Waals surface area (Å²) in [4.78, 5) is 2.57. The fourth-order valence-corrected chi connectivity index (χ4v) is 3.01. The Morgan fingerprint density at radius 3 is 2.33 bits per heavy atom. The van der Waals surface area contributed by atoms with Gasteiger partial charge in [-0.15, -0.1) is 0 Å². The molecule has 3 nitrogen and oxygen atoms in total. The van der Waals surface area contributed by atoms with Crippen molar-refractivity contribution in [1.29, 1.82) is 5.26 Å². The van der Waals surface area contributed by atoms with Crippen LogP contribution in [-0.2, 0) is 0 Å². The summed E-state index contributed by atoms with van der Waals surface area (Å²) in [6.07, 6.45) is 7.90. The van der Waals surface area contributed by atoms with Crippen LogP contribution in [0, 0.1) is 17.2 Å². The molecular formula is C15H27N3. The number of nitrogens with one attached hydrogen (secondary N) is 1. The largest absolute Gasteiger partial charge is 0.298 e. The highest BCUT2D eigenvalue weighted by atomic mass is 15.2. The number of nitrogens with zero attached hydrogens (tertiary/aromatic N) is 2. The maximum Gasteiger partial charge on any atom is 0.108 e. The molecule has 0 spiro atoms. The van der Waals surface area contributed by atoms with Crippen LogP contribution in [0.15, 0.2) is 0 Å². The molecule has 2 aliphatic carbocycles. The first-order valence-electron chi connectivity index (χ1n) is 7.58. The van der Waals surface area contributed by atoms with E-state index in [2.05, 4.69) is 30.1 Å². The minimum absolute atomic E-state index is 0.0249. The fraction of sp³-hybridized carbons (Fsp3) is 0.933. The van der Waals surface area contributed by atoms with Gasteiger partial charge in [0.15, 0.2) is 0 Å². The summed E-state index contributed by atoms with van der Waals surface area (Å²) in [6, 6.07) is 3.82. The number of hydrogen-bond acceptors (Lipinski definition) is 3. The average molecular weight is 249 g/mol. The van der Waals surface area contributed by atoms with Gasteiger partial charge in [0.1, 0.15) is 6.04 Å². The Bertz CT molecular complexity index is 285. The summed E-state index contributed by atoms with van der Waals surface area (Å²) in [5, 5.41) is 12.8. The lowest BCUT2D eigenvalue weighted by Gasteiger charge is -2.32. The highest BCUT2D eigenvalue weighted by Crippen LogP contribution is 2.25. The Hall–Kier alpha value is -0.590. The van der Waals surface area contributed by atoms with Gasteiger partial charge in [0.05, 0.1) is 6.07 Å². The molecule has 2 rings (SSSR count). The molecule has 0 saturated heterocycles. The van der Waals surface area contributed by atoms with Crippen molar-refractivity contribution in [2.24, 2.45) is 5.92 Å². The van der Waals surface area contributed by atoms with Gasteiger partial charge in [0.25, 0.3) is 0 Å². The Morgan fingerprint density at radius 1 is 1.17 bits per heavy atom. The second-order valence-corrected chi connectivity index (χ2v) is 6.41. The predicted octanol–water partition coefficient (Wildman–Crippen LogP) is 2.53. The normalized spacial score (nSPS) is 22.6. The molecule has 0 aliphatic heterocycles. The molecule has 0 aromatic heterocycles. The monoisotopic (exact) mass is 249 g/mol. The van der Waals surface area contributed by atoms with Gasteiger partial charge in [-0.25, -0.2) is 0 Å². The van der Waals surface area contributed by atoms with Gasteiger partial charge in [-0.1, -0.05) is 26.7 Å². The molecule has 18 heavy (non-hydrogen) atoms. The molecule has 1 N–H and O–H groups in total. The van der Waals surface area contributed by atoms with E-state index >= 15 is 0 Å². The van der Waals surface area contributed by atoms with Crippen LogP contribution in [0.4, 0.5) is 0 Å². The van der Waals surface area contributed by atoms with E-state index in [4.69, 9.17) is 0 Å². The van der Waals surface area contributed by atoms with Crippen molar-refractivity contribution in [3.63, 3.8) is 0 Å². The Balaban J connectivity index is 1.87. The molecule has 0 aromatic carbocycles. The van der Waals surface area contributed by atoms with Gasteiger partial charge in [0, 0.05) is 25.2 Å². The number of nitriles is 1. The third kappa shape index (κ3) is 4.26. The second-order valence-electron chi connectivity index (χ2n) is 6.41. The van der Waals surface area contributed by atoms with Gasteiger partial charge >= 0.3 is 0 Å². The molecule has 0 radical (unpaired) electrons. The Kier molecular flexibility index (Phi) is 5.03. The highest BCUT2D eigenvalue weighted by molar-refractivity contribution is 4.98. The van der Waals surface area contributed by atoms with Crippen molar-refractivity contribution in [3.8, 4) is 6.07 Å². The van der Waals surface area contributed by atoms with Crippen molar-refractivity contribution >= 4 is 0 Å². The highest BCUT2D eigenvalue weighted by Gasteiger charge is 2.29. The van der Waals surface area contributed by atoms with Gasteiger partial charge in [-0.2, -0.15) is 5.26 Å². The lowest BCUT2D eigenvalue weighted by atomic mass is 10.1. The number of hydrogen-bond donors (Lipinski definition) is 1. The maximum atomic E-state index is 9.29. The van der Waals surface area contributed by atoms with Crippen LogP contribution in [0.2, 0.25) is 0 Å². The van der Waals surface area contributed by atoms with E-state index in [1.54, 1.807) is 0 Å². The summed E-state index contributed by atoms with van der Waals surface area (Å²) >= 11 is 0. The molecule has 2 aliphatic rings. The molecule has 1 atom stereocenters. The van der Waals surface area contributed by atoms with Gasteiger partial charge in [0.2, 0.25) is 0 Å². The molecule has 0 heterocycles. The van der Waals surface area contributed by atoms with Crippen LogP contribution in [0.5, 0.6) is 0 Å².